The third kappa shape index (κ3) is 2.15. The first-order valence-electron chi connectivity index (χ1n) is 4.64. The topological polar surface area (TPSA) is 61.9 Å². The Balaban J connectivity index is 2.96. The first-order valence-corrected chi connectivity index (χ1v) is 4.64. The van der Waals surface area contributed by atoms with Crippen molar-refractivity contribution < 1.29 is 4.79 Å². The highest BCUT2D eigenvalue weighted by atomic mass is 16.2. The number of aryl methyl sites for hydroxylation is 2. The number of amides is 1. The molecule has 1 heterocycles. The zero-order valence-electron chi connectivity index (χ0n) is 9.35. The van der Waals surface area contributed by atoms with Crippen LogP contribution in [0.2, 0.25) is 0 Å². The molecule has 0 N–H and O–H groups in total. The monoisotopic (exact) mass is 206 g/mol. The van der Waals surface area contributed by atoms with Crippen molar-refractivity contribution in [1.82, 2.24) is 14.7 Å². The molecule has 0 spiro atoms. The molecule has 0 aliphatic heterocycles. The van der Waals surface area contributed by atoms with Gasteiger partial charge in [-0.05, 0) is 13.8 Å². The van der Waals surface area contributed by atoms with E-state index in [1.165, 1.54) is 4.90 Å². The summed E-state index contributed by atoms with van der Waals surface area (Å²) in [6.07, 6.45) is 1.66. The number of hydrogen-bond acceptors (Lipinski definition) is 3. The summed E-state index contributed by atoms with van der Waals surface area (Å²) in [6.45, 7) is 3.46. The summed E-state index contributed by atoms with van der Waals surface area (Å²) in [4.78, 5) is 13.3. The van der Waals surface area contributed by atoms with Gasteiger partial charge in [0.25, 0.3) is 5.91 Å². The molecule has 1 rings (SSSR count). The van der Waals surface area contributed by atoms with E-state index < -0.39 is 6.04 Å². The molecular formula is C10H14N4O. The molecule has 0 bridgehead atoms. The van der Waals surface area contributed by atoms with Gasteiger partial charge < -0.3 is 4.90 Å². The fraction of sp³-hybridized carbons (Fsp3) is 0.500. The van der Waals surface area contributed by atoms with Gasteiger partial charge in [-0.1, -0.05) is 0 Å². The normalized spacial score (nSPS) is 11.9. The minimum Gasteiger partial charge on any atom is -0.326 e. The lowest BCUT2D eigenvalue weighted by molar-refractivity contribution is 0.0772. The van der Waals surface area contributed by atoms with E-state index in [0.717, 1.165) is 0 Å². The maximum Gasteiger partial charge on any atom is 0.258 e. The highest BCUT2D eigenvalue weighted by Gasteiger charge is 2.20. The van der Waals surface area contributed by atoms with Crippen LogP contribution in [0.1, 0.15) is 23.0 Å². The van der Waals surface area contributed by atoms with Gasteiger partial charge in [0.15, 0.2) is 0 Å². The van der Waals surface area contributed by atoms with Gasteiger partial charge in [0, 0.05) is 20.3 Å². The van der Waals surface area contributed by atoms with Gasteiger partial charge in [-0.3, -0.25) is 9.48 Å². The van der Waals surface area contributed by atoms with Crippen molar-refractivity contribution in [2.45, 2.75) is 19.9 Å². The molecule has 1 aromatic heterocycles. The van der Waals surface area contributed by atoms with Crippen LogP contribution in [0.5, 0.6) is 0 Å². The van der Waals surface area contributed by atoms with Crippen LogP contribution in [-0.2, 0) is 7.05 Å². The fourth-order valence-corrected chi connectivity index (χ4v) is 1.26. The van der Waals surface area contributed by atoms with E-state index in [0.29, 0.717) is 11.3 Å². The summed E-state index contributed by atoms with van der Waals surface area (Å²) in [6, 6.07) is 1.59. The minimum absolute atomic E-state index is 0.172. The van der Waals surface area contributed by atoms with Crippen LogP contribution >= 0.6 is 0 Å². The van der Waals surface area contributed by atoms with Crippen LogP contribution in [0.15, 0.2) is 6.20 Å². The molecule has 1 atom stereocenters. The van der Waals surface area contributed by atoms with Crippen molar-refractivity contribution >= 4 is 5.91 Å². The molecule has 1 unspecified atom stereocenters. The molecular weight excluding hydrogens is 192 g/mol. The van der Waals surface area contributed by atoms with Gasteiger partial charge in [-0.2, -0.15) is 10.4 Å². The molecule has 80 valence electrons. The third-order valence-corrected chi connectivity index (χ3v) is 2.33. The lowest BCUT2D eigenvalue weighted by Gasteiger charge is -2.18. The molecule has 1 amide bonds. The van der Waals surface area contributed by atoms with Crippen molar-refractivity contribution in [2.24, 2.45) is 7.05 Å². The fourth-order valence-electron chi connectivity index (χ4n) is 1.26. The quantitative estimate of drug-likeness (QED) is 0.716. The molecule has 0 aliphatic rings. The van der Waals surface area contributed by atoms with Gasteiger partial charge in [0.1, 0.15) is 6.04 Å². The third-order valence-electron chi connectivity index (χ3n) is 2.33. The second-order valence-corrected chi connectivity index (χ2v) is 3.52. The largest absolute Gasteiger partial charge is 0.326 e. The Kier molecular flexibility index (Phi) is 3.10. The number of hydrogen-bond donors (Lipinski definition) is 0. The predicted molar refractivity (Wildman–Crippen MR) is 55.1 cm³/mol. The standard InChI is InChI=1S/C10H14N4O/c1-7(5-11)14(4)10(15)9-6-13(3)12-8(9)2/h6-7H,1-4H3. The number of rotatable bonds is 2. The number of aromatic nitrogens is 2. The van der Waals surface area contributed by atoms with E-state index in [9.17, 15) is 4.79 Å². The summed E-state index contributed by atoms with van der Waals surface area (Å²) in [7, 11) is 3.38. The summed E-state index contributed by atoms with van der Waals surface area (Å²) >= 11 is 0. The summed E-state index contributed by atoms with van der Waals surface area (Å²) < 4.78 is 1.59. The SMILES string of the molecule is Cc1nn(C)cc1C(=O)N(C)C(C)C#N. The molecule has 0 saturated carbocycles. The average molecular weight is 206 g/mol. The Morgan fingerprint density at radius 2 is 2.33 bits per heavy atom. The van der Waals surface area contributed by atoms with Crippen LogP contribution < -0.4 is 0 Å². The van der Waals surface area contributed by atoms with Crippen molar-refractivity contribution in [2.75, 3.05) is 7.05 Å². The highest BCUT2D eigenvalue weighted by molar-refractivity contribution is 5.95. The van der Waals surface area contributed by atoms with Gasteiger partial charge >= 0.3 is 0 Å². The van der Waals surface area contributed by atoms with Crippen molar-refractivity contribution in [3.05, 3.63) is 17.5 Å². The molecule has 0 radical (unpaired) electrons. The molecule has 5 heteroatoms. The van der Waals surface area contributed by atoms with E-state index in [2.05, 4.69) is 5.10 Å². The Labute approximate surface area is 88.9 Å². The second-order valence-electron chi connectivity index (χ2n) is 3.52. The smallest absolute Gasteiger partial charge is 0.258 e. The van der Waals surface area contributed by atoms with E-state index in [-0.39, 0.29) is 5.91 Å². The molecule has 15 heavy (non-hydrogen) atoms. The Bertz CT molecular complexity index is 416. The minimum atomic E-state index is -0.433. The van der Waals surface area contributed by atoms with Crippen LogP contribution in [-0.4, -0.2) is 33.7 Å². The second kappa shape index (κ2) is 4.13. The van der Waals surface area contributed by atoms with E-state index in [4.69, 9.17) is 5.26 Å². The van der Waals surface area contributed by atoms with Crippen LogP contribution in [0.4, 0.5) is 0 Å². The van der Waals surface area contributed by atoms with E-state index >= 15 is 0 Å². The number of carbonyl (C=O) groups is 1. The predicted octanol–water partition coefficient (Wildman–Crippen LogP) is 0.713. The first-order chi connectivity index (χ1) is 6.97. The van der Waals surface area contributed by atoms with Crippen molar-refractivity contribution in [1.29, 1.82) is 5.26 Å². The van der Waals surface area contributed by atoms with Crippen LogP contribution in [0, 0.1) is 18.3 Å². The van der Waals surface area contributed by atoms with E-state index in [1.54, 1.807) is 38.8 Å². The Morgan fingerprint density at radius 3 is 2.73 bits per heavy atom. The zero-order chi connectivity index (χ0) is 11.6. The Hall–Kier alpha value is -1.83. The Morgan fingerprint density at radius 1 is 1.73 bits per heavy atom. The summed E-state index contributed by atoms with van der Waals surface area (Å²) in [5, 5.41) is 12.8. The number of carbonyl (C=O) groups excluding carboxylic acids is 1. The highest BCUT2D eigenvalue weighted by Crippen LogP contribution is 2.09. The molecule has 0 aromatic carbocycles. The van der Waals surface area contributed by atoms with Crippen molar-refractivity contribution in [3.8, 4) is 6.07 Å². The summed E-state index contributed by atoms with van der Waals surface area (Å²) in [5.74, 6) is -0.172. The number of nitriles is 1. The molecule has 5 nitrogen and oxygen atoms in total. The zero-order valence-corrected chi connectivity index (χ0v) is 9.35. The first kappa shape index (κ1) is 11.2. The lowest BCUT2D eigenvalue weighted by Crippen LogP contribution is -2.34. The van der Waals surface area contributed by atoms with E-state index in [1.807, 2.05) is 6.07 Å². The summed E-state index contributed by atoms with van der Waals surface area (Å²) in [5.41, 5.74) is 1.22. The lowest BCUT2D eigenvalue weighted by atomic mass is 10.2. The van der Waals surface area contributed by atoms with Crippen LogP contribution in [0.25, 0.3) is 0 Å². The molecule has 0 fully saturated rings. The van der Waals surface area contributed by atoms with Crippen molar-refractivity contribution in [3.63, 3.8) is 0 Å². The van der Waals surface area contributed by atoms with Gasteiger partial charge in [-0.25, -0.2) is 0 Å². The maximum absolute atomic E-state index is 11.9. The maximum atomic E-state index is 11.9. The molecule has 1 aromatic rings. The number of nitrogens with zero attached hydrogens (tertiary/aromatic N) is 4. The van der Waals surface area contributed by atoms with Gasteiger partial charge in [-0.15, -0.1) is 0 Å². The van der Waals surface area contributed by atoms with Crippen LogP contribution in [0.3, 0.4) is 0 Å². The van der Waals surface area contributed by atoms with Gasteiger partial charge in [0.05, 0.1) is 17.3 Å². The average Bonchev–Trinajstić information content (AvgIpc) is 2.54. The van der Waals surface area contributed by atoms with Gasteiger partial charge in [0.2, 0.25) is 0 Å². The molecule has 0 aliphatic carbocycles. The molecule has 0 saturated heterocycles.